The van der Waals surface area contributed by atoms with Gasteiger partial charge in [0, 0.05) is 12.5 Å². The highest BCUT2D eigenvalue weighted by Crippen LogP contribution is 2.19. The number of esters is 1. The Kier molecular flexibility index (Phi) is 4.64. The van der Waals surface area contributed by atoms with Crippen LogP contribution in [-0.4, -0.2) is 11.8 Å². The molecule has 0 spiro atoms. The number of rotatable bonds is 4. The molecule has 0 amide bonds. The number of ketones is 1. The highest BCUT2D eigenvalue weighted by Gasteiger charge is 2.21. The second kappa shape index (κ2) is 5.99. The van der Waals surface area contributed by atoms with Crippen molar-refractivity contribution >= 4 is 11.8 Å². The summed E-state index contributed by atoms with van der Waals surface area (Å²) in [7, 11) is 0. The van der Waals surface area contributed by atoms with E-state index in [0.29, 0.717) is 5.56 Å². The first kappa shape index (κ1) is 13.2. The molecular formula is C14H16O3. The zero-order valence-corrected chi connectivity index (χ0v) is 10.3. The number of hydrogen-bond donors (Lipinski definition) is 0. The average molecular weight is 232 g/mol. The van der Waals surface area contributed by atoms with Gasteiger partial charge >= 0.3 is 5.97 Å². The number of allylic oxidation sites excluding steroid dienone is 1. The number of hydrogen-bond acceptors (Lipinski definition) is 3. The fourth-order valence-corrected chi connectivity index (χ4v) is 1.44. The molecule has 1 rings (SSSR count). The quantitative estimate of drug-likeness (QED) is 0.592. The molecule has 0 heterocycles. The molecule has 0 aliphatic rings. The second-order valence-electron chi connectivity index (χ2n) is 4.02. The van der Waals surface area contributed by atoms with Gasteiger partial charge in [-0.05, 0) is 19.9 Å². The summed E-state index contributed by atoms with van der Waals surface area (Å²) in [4.78, 5) is 23.0. The van der Waals surface area contributed by atoms with Crippen molar-refractivity contribution in [3.63, 3.8) is 0 Å². The Morgan fingerprint density at radius 3 is 2.18 bits per heavy atom. The second-order valence-corrected chi connectivity index (χ2v) is 4.02. The minimum atomic E-state index is -0.844. The average Bonchev–Trinajstić information content (AvgIpc) is 2.25. The van der Waals surface area contributed by atoms with E-state index in [-0.39, 0.29) is 5.78 Å². The van der Waals surface area contributed by atoms with Crippen molar-refractivity contribution in [3.05, 3.63) is 47.5 Å². The van der Waals surface area contributed by atoms with Crippen molar-refractivity contribution in [1.82, 2.24) is 0 Å². The number of carbonyl (C=O) groups is 2. The van der Waals surface area contributed by atoms with E-state index in [0.717, 1.165) is 5.57 Å². The molecule has 1 unspecified atom stereocenters. The van der Waals surface area contributed by atoms with Crippen LogP contribution in [0.1, 0.15) is 32.4 Å². The van der Waals surface area contributed by atoms with Crippen molar-refractivity contribution in [2.24, 2.45) is 0 Å². The molecule has 0 radical (unpaired) electrons. The first-order chi connectivity index (χ1) is 8.00. The molecule has 0 saturated heterocycles. The summed E-state index contributed by atoms with van der Waals surface area (Å²) in [6.07, 6.45) is 0.643. The third kappa shape index (κ3) is 4.23. The molecule has 3 heteroatoms. The third-order valence-electron chi connectivity index (χ3n) is 2.08. The van der Waals surface area contributed by atoms with Crippen LogP contribution in [0.4, 0.5) is 0 Å². The summed E-state index contributed by atoms with van der Waals surface area (Å²) < 4.78 is 5.07. The molecule has 0 saturated carbocycles. The number of benzene rings is 1. The lowest BCUT2D eigenvalue weighted by molar-refractivity contribution is -0.151. The maximum atomic E-state index is 11.9. The van der Waals surface area contributed by atoms with Crippen LogP contribution in [0, 0.1) is 0 Å². The van der Waals surface area contributed by atoms with Crippen molar-refractivity contribution in [1.29, 1.82) is 0 Å². The minimum absolute atomic E-state index is 0.216. The van der Waals surface area contributed by atoms with Gasteiger partial charge in [0.15, 0.2) is 6.10 Å². The van der Waals surface area contributed by atoms with E-state index in [4.69, 9.17) is 4.74 Å². The van der Waals surface area contributed by atoms with Gasteiger partial charge in [0.2, 0.25) is 5.78 Å². The fourth-order valence-electron chi connectivity index (χ4n) is 1.44. The van der Waals surface area contributed by atoms with Crippen molar-refractivity contribution in [2.75, 3.05) is 0 Å². The van der Waals surface area contributed by atoms with Crippen LogP contribution >= 0.6 is 0 Å². The Balaban J connectivity index is 3.00. The topological polar surface area (TPSA) is 43.4 Å². The highest BCUT2D eigenvalue weighted by molar-refractivity contribution is 5.95. The lowest BCUT2D eigenvalue weighted by Gasteiger charge is -2.14. The Morgan fingerprint density at radius 2 is 1.71 bits per heavy atom. The Bertz CT molecular complexity index is 428. The van der Waals surface area contributed by atoms with Gasteiger partial charge in [-0.1, -0.05) is 35.9 Å². The first-order valence-electron chi connectivity index (χ1n) is 5.41. The molecule has 17 heavy (non-hydrogen) atoms. The molecule has 0 aliphatic heterocycles. The lowest BCUT2D eigenvalue weighted by atomic mass is 10.0. The van der Waals surface area contributed by atoms with Gasteiger partial charge in [0.05, 0.1) is 0 Å². The van der Waals surface area contributed by atoms with Crippen molar-refractivity contribution in [2.45, 2.75) is 26.9 Å². The van der Waals surface area contributed by atoms with E-state index in [1.807, 2.05) is 32.0 Å². The predicted molar refractivity (Wildman–Crippen MR) is 65.4 cm³/mol. The zero-order valence-electron chi connectivity index (χ0n) is 10.3. The Hall–Kier alpha value is -1.90. The Labute approximate surface area is 101 Å². The summed E-state index contributed by atoms with van der Waals surface area (Å²) in [5, 5.41) is 0. The molecule has 0 aromatic heterocycles. The molecule has 0 aliphatic carbocycles. The maximum Gasteiger partial charge on any atom is 0.303 e. The van der Waals surface area contributed by atoms with Crippen LogP contribution in [0.2, 0.25) is 0 Å². The monoisotopic (exact) mass is 232 g/mol. The third-order valence-corrected chi connectivity index (χ3v) is 2.08. The standard InChI is InChI=1S/C14H16O3/c1-10(2)9-13(16)14(17-11(3)15)12-7-5-4-6-8-12/h4-9,14H,1-3H3. The summed E-state index contributed by atoms with van der Waals surface area (Å²) in [5.41, 5.74) is 1.56. The lowest BCUT2D eigenvalue weighted by Crippen LogP contribution is -2.17. The smallest absolute Gasteiger partial charge is 0.303 e. The van der Waals surface area contributed by atoms with E-state index < -0.39 is 12.1 Å². The molecule has 0 fully saturated rings. The number of ether oxygens (including phenoxy) is 1. The molecule has 90 valence electrons. The number of carbonyl (C=O) groups excluding carboxylic acids is 2. The maximum absolute atomic E-state index is 11.9. The molecule has 1 aromatic rings. The van der Waals surface area contributed by atoms with Gasteiger partial charge in [-0.2, -0.15) is 0 Å². The van der Waals surface area contributed by atoms with Gasteiger partial charge in [-0.15, -0.1) is 0 Å². The van der Waals surface area contributed by atoms with Crippen LogP contribution in [0.15, 0.2) is 42.0 Å². The van der Waals surface area contributed by atoms with Crippen molar-refractivity contribution in [3.8, 4) is 0 Å². The van der Waals surface area contributed by atoms with Crippen molar-refractivity contribution < 1.29 is 14.3 Å². The largest absolute Gasteiger partial charge is 0.449 e. The normalized spacial score (nSPS) is 11.5. The van der Waals surface area contributed by atoms with Crippen LogP contribution in [0.3, 0.4) is 0 Å². The van der Waals surface area contributed by atoms with Crippen LogP contribution in [0.25, 0.3) is 0 Å². The first-order valence-corrected chi connectivity index (χ1v) is 5.41. The molecule has 1 atom stereocenters. The fraction of sp³-hybridized carbons (Fsp3) is 0.286. The summed E-state index contributed by atoms with van der Waals surface area (Å²) >= 11 is 0. The Morgan fingerprint density at radius 1 is 1.12 bits per heavy atom. The van der Waals surface area contributed by atoms with Crippen LogP contribution < -0.4 is 0 Å². The molecular weight excluding hydrogens is 216 g/mol. The van der Waals surface area contributed by atoms with Gasteiger partial charge in [-0.3, -0.25) is 9.59 Å². The highest BCUT2D eigenvalue weighted by atomic mass is 16.5. The van der Waals surface area contributed by atoms with Crippen LogP contribution in [0.5, 0.6) is 0 Å². The van der Waals surface area contributed by atoms with E-state index in [2.05, 4.69) is 0 Å². The van der Waals surface area contributed by atoms with E-state index in [1.165, 1.54) is 13.0 Å². The van der Waals surface area contributed by atoms with E-state index >= 15 is 0 Å². The molecule has 3 nitrogen and oxygen atoms in total. The summed E-state index contributed by atoms with van der Waals surface area (Å²) in [6, 6.07) is 9.00. The minimum Gasteiger partial charge on any atom is -0.449 e. The summed E-state index contributed by atoms with van der Waals surface area (Å²) in [5.74, 6) is -0.680. The summed E-state index contributed by atoms with van der Waals surface area (Å²) in [6.45, 7) is 4.95. The molecule has 0 N–H and O–H groups in total. The molecule has 1 aromatic carbocycles. The van der Waals surface area contributed by atoms with E-state index in [9.17, 15) is 9.59 Å². The predicted octanol–water partition coefficient (Wildman–Crippen LogP) is 2.83. The zero-order chi connectivity index (χ0) is 12.8. The van der Waals surface area contributed by atoms with Gasteiger partial charge in [0.1, 0.15) is 0 Å². The van der Waals surface area contributed by atoms with Gasteiger partial charge in [0.25, 0.3) is 0 Å². The van der Waals surface area contributed by atoms with Crippen LogP contribution in [-0.2, 0) is 14.3 Å². The SMILES string of the molecule is CC(=O)OC(C(=O)C=C(C)C)c1ccccc1. The van der Waals surface area contributed by atoms with Gasteiger partial charge in [-0.25, -0.2) is 0 Å². The van der Waals surface area contributed by atoms with E-state index in [1.54, 1.807) is 12.1 Å². The van der Waals surface area contributed by atoms with Gasteiger partial charge < -0.3 is 4.74 Å². The molecule has 0 bridgehead atoms.